The Morgan fingerprint density at radius 2 is 1.93 bits per heavy atom. The molecule has 0 saturated carbocycles. The molecule has 0 spiro atoms. The fourth-order valence-electron chi connectivity index (χ4n) is 3.35. The second-order valence-corrected chi connectivity index (χ2v) is 7.23. The monoisotopic (exact) mass is 401 g/mol. The average molecular weight is 401 g/mol. The lowest BCUT2D eigenvalue weighted by Crippen LogP contribution is -2.14. The SMILES string of the molecule is Cc1nccn1Cc1ccc(NC(=O)CCCc2nc3ccccc3c(=O)[nH]2)cc1. The highest BCUT2D eigenvalue weighted by molar-refractivity contribution is 5.90. The maximum absolute atomic E-state index is 12.3. The van der Waals surface area contributed by atoms with Crippen molar-refractivity contribution in [1.82, 2.24) is 19.5 Å². The molecule has 2 N–H and O–H groups in total. The molecule has 0 atom stereocenters. The van der Waals surface area contributed by atoms with Crippen molar-refractivity contribution in [3.63, 3.8) is 0 Å². The van der Waals surface area contributed by atoms with Gasteiger partial charge in [0.15, 0.2) is 0 Å². The van der Waals surface area contributed by atoms with Crippen molar-refractivity contribution in [2.75, 3.05) is 5.32 Å². The zero-order chi connectivity index (χ0) is 20.9. The van der Waals surface area contributed by atoms with E-state index in [4.69, 9.17) is 0 Å². The third-order valence-electron chi connectivity index (χ3n) is 4.99. The van der Waals surface area contributed by atoms with Crippen molar-refractivity contribution in [2.45, 2.75) is 32.7 Å². The Bertz CT molecular complexity index is 1220. The normalized spacial score (nSPS) is 11.0. The molecule has 4 aromatic rings. The Balaban J connectivity index is 1.29. The van der Waals surface area contributed by atoms with E-state index in [9.17, 15) is 9.59 Å². The smallest absolute Gasteiger partial charge is 0.258 e. The zero-order valence-electron chi connectivity index (χ0n) is 16.8. The first-order valence-corrected chi connectivity index (χ1v) is 9.93. The maximum Gasteiger partial charge on any atom is 0.258 e. The highest BCUT2D eigenvalue weighted by Gasteiger charge is 2.07. The van der Waals surface area contributed by atoms with Gasteiger partial charge in [0.25, 0.3) is 5.56 Å². The van der Waals surface area contributed by atoms with Crippen LogP contribution in [0.3, 0.4) is 0 Å². The average Bonchev–Trinajstić information content (AvgIpc) is 3.14. The number of hydrogen-bond acceptors (Lipinski definition) is 4. The van der Waals surface area contributed by atoms with Crippen LogP contribution < -0.4 is 10.9 Å². The lowest BCUT2D eigenvalue weighted by atomic mass is 10.2. The van der Waals surface area contributed by atoms with E-state index in [2.05, 4.69) is 24.8 Å². The maximum atomic E-state index is 12.3. The second-order valence-electron chi connectivity index (χ2n) is 7.23. The van der Waals surface area contributed by atoms with E-state index in [0.717, 1.165) is 23.6 Å². The van der Waals surface area contributed by atoms with Gasteiger partial charge in [-0.25, -0.2) is 9.97 Å². The van der Waals surface area contributed by atoms with Crippen LogP contribution in [0.25, 0.3) is 10.9 Å². The van der Waals surface area contributed by atoms with Crippen molar-refractivity contribution >= 4 is 22.5 Å². The van der Waals surface area contributed by atoms with Crippen molar-refractivity contribution in [1.29, 1.82) is 0 Å². The van der Waals surface area contributed by atoms with Gasteiger partial charge in [-0.1, -0.05) is 24.3 Å². The highest BCUT2D eigenvalue weighted by Crippen LogP contribution is 2.13. The molecule has 0 aliphatic rings. The molecular formula is C23H23N5O2. The molecule has 7 heteroatoms. The fourth-order valence-corrected chi connectivity index (χ4v) is 3.35. The predicted molar refractivity (Wildman–Crippen MR) is 116 cm³/mol. The number of carbonyl (C=O) groups is 1. The lowest BCUT2D eigenvalue weighted by Gasteiger charge is -2.08. The van der Waals surface area contributed by atoms with Gasteiger partial charge in [0.05, 0.1) is 10.9 Å². The van der Waals surface area contributed by atoms with Crippen LogP contribution in [0, 0.1) is 6.92 Å². The first kappa shape index (κ1) is 19.6. The van der Waals surface area contributed by atoms with Gasteiger partial charge in [-0.05, 0) is 43.2 Å². The van der Waals surface area contributed by atoms with Crippen LogP contribution in [-0.4, -0.2) is 25.4 Å². The van der Waals surface area contributed by atoms with Crippen LogP contribution in [-0.2, 0) is 17.8 Å². The summed E-state index contributed by atoms with van der Waals surface area (Å²) in [4.78, 5) is 35.8. The molecule has 0 radical (unpaired) electrons. The number of rotatable bonds is 7. The lowest BCUT2D eigenvalue weighted by molar-refractivity contribution is -0.116. The van der Waals surface area contributed by atoms with Crippen LogP contribution in [0.15, 0.2) is 65.7 Å². The van der Waals surface area contributed by atoms with Gasteiger partial charge in [-0.2, -0.15) is 0 Å². The Kier molecular flexibility index (Phi) is 5.70. The minimum atomic E-state index is -0.147. The third-order valence-corrected chi connectivity index (χ3v) is 4.99. The van der Waals surface area contributed by atoms with Crippen molar-refractivity contribution in [3.8, 4) is 0 Å². The van der Waals surface area contributed by atoms with E-state index >= 15 is 0 Å². The molecule has 0 aliphatic carbocycles. The molecule has 4 rings (SSSR count). The first-order valence-electron chi connectivity index (χ1n) is 9.93. The van der Waals surface area contributed by atoms with Crippen LogP contribution in [0.2, 0.25) is 0 Å². The van der Waals surface area contributed by atoms with E-state index < -0.39 is 0 Å². The molecular weight excluding hydrogens is 378 g/mol. The molecule has 0 saturated heterocycles. The molecule has 0 bridgehead atoms. The zero-order valence-corrected chi connectivity index (χ0v) is 16.8. The Labute approximate surface area is 173 Å². The van der Waals surface area contributed by atoms with Crippen LogP contribution in [0.4, 0.5) is 5.69 Å². The number of imidazole rings is 1. The van der Waals surface area contributed by atoms with E-state index in [1.165, 1.54) is 0 Å². The fraction of sp³-hybridized carbons (Fsp3) is 0.217. The summed E-state index contributed by atoms with van der Waals surface area (Å²) in [6.45, 7) is 2.72. The number of anilines is 1. The molecule has 7 nitrogen and oxygen atoms in total. The quantitative estimate of drug-likeness (QED) is 0.496. The number of para-hydroxylation sites is 1. The summed E-state index contributed by atoms with van der Waals surface area (Å²) in [6, 6.07) is 15.0. The largest absolute Gasteiger partial charge is 0.331 e. The number of nitrogens with one attached hydrogen (secondary N) is 2. The molecule has 0 aliphatic heterocycles. The molecule has 152 valence electrons. The van der Waals surface area contributed by atoms with Gasteiger partial charge in [0.2, 0.25) is 5.91 Å². The summed E-state index contributed by atoms with van der Waals surface area (Å²) in [6.07, 6.45) is 5.23. The molecule has 0 fully saturated rings. The van der Waals surface area contributed by atoms with Crippen molar-refractivity contribution < 1.29 is 4.79 Å². The summed E-state index contributed by atoms with van der Waals surface area (Å²) in [7, 11) is 0. The summed E-state index contributed by atoms with van der Waals surface area (Å²) in [5, 5.41) is 3.49. The van der Waals surface area contributed by atoms with Gasteiger partial charge in [-0.15, -0.1) is 0 Å². The molecule has 0 unspecified atom stereocenters. The first-order chi connectivity index (χ1) is 14.6. The van der Waals surface area contributed by atoms with Gasteiger partial charge in [0, 0.05) is 37.5 Å². The van der Waals surface area contributed by atoms with Gasteiger partial charge < -0.3 is 14.9 Å². The van der Waals surface area contributed by atoms with Gasteiger partial charge >= 0.3 is 0 Å². The molecule has 2 heterocycles. The van der Waals surface area contributed by atoms with E-state index in [1.807, 2.05) is 55.6 Å². The Morgan fingerprint density at radius 1 is 1.13 bits per heavy atom. The number of aryl methyl sites for hydroxylation is 2. The van der Waals surface area contributed by atoms with Crippen molar-refractivity contribution in [2.24, 2.45) is 0 Å². The number of H-pyrrole nitrogens is 1. The van der Waals surface area contributed by atoms with Gasteiger partial charge in [-0.3, -0.25) is 9.59 Å². The third kappa shape index (κ3) is 4.63. The minimum absolute atomic E-state index is 0.0589. The Morgan fingerprint density at radius 3 is 2.70 bits per heavy atom. The number of carbonyl (C=O) groups excluding carboxylic acids is 1. The van der Waals surface area contributed by atoms with Crippen LogP contribution >= 0.6 is 0 Å². The van der Waals surface area contributed by atoms with Crippen molar-refractivity contribution in [3.05, 3.63) is 88.5 Å². The second kappa shape index (κ2) is 8.73. The topological polar surface area (TPSA) is 92.7 Å². The number of amides is 1. The van der Waals surface area contributed by atoms with Crippen LogP contribution in [0.5, 0.6) is 0 Å². The molecule has 2 aromatic heterocycles. The number of aromatic nitrogens is 4. The number of hydrogen-bond donors (Lipinski definition) is 2. The number of fused-ring (bicyclic) bond motifs is 1. The van der Waals surface area contributed by atoms with Crippen LogP contribution in [0.1, 0.15) is 30.1 Å². The number of benzene rings is 2. The number of aromatic amines is 1. The Hall–Kier alpha value is -3.74. The standard InChI is InChI=1S/C23H23N5O2/c1-16-24-13-14-28(16)15-17-9-11-18(12-10-17)25-22(29)8-4-7-21-26-20-6-3-2-5-19(20)23(30)27-21/h2-3,5-6,9-14H,4,7-8,15H2,1H3,(H,25,29)(H,26,27,30). The van der Waals surface area contributed by atoms with E-state index in [0.29, 0.717) is 36.0 Å². The number of nitrogens with zero attached hydrogens (tertiary/aromatic N) is 3. The van der Waals surface area contributed by atoms with E-state index in [1.54, 1.807) is 12.3 Å². The summed E-state index contributed by atoms with van der Waals surface area (Å²) in [5.74, 6) is 1.51. The summed E-state index contributed by atoms with van der Waals surface area (Å²) < 4.78 is 2.07. The van der Waals surface area contributed by atoms with E-state index in [-0.39, 0.29) is 11.5 Å². The minimum Gasteiger partial charge on any atom is -0.331 e. The predicted octanol–water partition coefficient (Wildman–Crippen LogP) is 3.44. The molecule has 30 heavy (non-hydrogen) atoms. The van der Waals surface area contributed by atoms with Gasteiger partial charge in [0.1, 0.15) is 11.6 Å². The summed E-state index contributed by atoms with van der Waals surface area (Å²) >= 11 is 0. The molecule has 1 amide bonds. The summed E-state index contributed by atoms with van der Waals surface area (Å²) in [5.41, 5.74) is 2.43. The highest BCUT2D eigenvalue weighted by atomic mass is 16.1. The molecule has 2 aromatic carbocycles.